The molecule has 0 aromatic carbocycles. The molecule has 0 bridgehead atoms. The summed E-state index contributed by atoms with van der Waals surface area (Å²) in [5.41, 5.74) is 1.65. The average molecular weight is 150 g/mol. The highest BCUT2D eigenvalue weighted by Crippen LogP contribution is 2.00. The number of nitrogens with zero attached hydrogens (tertiary/aromatic N) is 1. The molecule has 0 saturated heterocycles. The average Bonchev–Trinajstić information content (AvgIpc) is 2.48. The van der Waals surface area contributed by atoms with Crippen molar-refractivity contribution in [3.63, 3.8) is 0 Å². The molecule has 0 saturated carbocycles. The molecule has 0 aliphatic rings. The van der Waals surface area contributed by atoms with Crippen LogP contribution in [0.25, 0.3) is 0 Å². The second kappa shape index (κ2) is 3.79. The lowest BCUT2D eigenvalue weighted by Gasteiger charge is -1.94. The van der Waals surface area contributed by atoms with Crippen molar-refractivity contribution in [1.82, 2.24) is 4.98 Å². The van der Waals surface area contributed by atoms with Gasteiger partial charge in [0.2, 0.25) is 0 Å². The molecule has 3 heteroatoms. The first-order chi connectivity index (χ1) is 5.36. The number of ether oxygens (including phenoxy) is 1. The third kappa shape index (κ3) is 2.10. The number of methoxy groups -OCH3 is 1. The lowest BCUT2D eigenvalue weighted by atomic mass is 10.3. The van der Waals surface area contributed by atoms with E-state index in [1.807, 2.05) is 12.1 Å². The first-order valence-corrected chi connectivity index (χ1v) is 3.43. The summed E-state index contributed by atoms with van der Waals surface area (Å²) in [7, 11) is 1.66. The van der Waals surface area contributed by atoms with Crippen LogP contribution in [0.3, 0.4) is 0 Å². The van der Waals surface area contributed by atoms with Gasteiger partial charge >= 0.3 is 0 Å². The fourth-order valence-corrected chi connectivity index (χ4v) is 0.863. The summed E-state index contributed by atoms with van der Waals surface area (Å²) in [4.78, 5) is 2.96. The number of H-pyrrole nitrogens is 1. The van der Waals surface area contributed by atoms with E-state index in [2.05, 4.69) is 4.98 Å². The molecule has 0 aliphatic heterocycles. The predicted octanol–water partition coefficient (Wildman–Crippen LogP) is 1.08. The van der Waals surface area contributed by atoms with Gasteiger partial charge in [-0.25, -0.2) is 0 Å². The Kier molecular flexibility index (Phi) is 2.70. The van der Waals surface area contributed by atoms with Crippen LogP contribution >= 0.6 is 0 Å². The number of rotatable bonds is 3. The molecule has 1 aromatic rings. The Morgan fingerprint density at radius 3 is 3.00 bits per heavy atom. The Morgan fingerprint density at radius 1 is 1.64 bits per heavy atom. The summed E-state index contributed by atoms with van der Waals surface area (Å²) in [6, 6.07) is 5.70. The Balaban J connectivity index is 2.53. The summed E-state index contributed by atoms with van der Waals surface area (Å²) in [6.07, 6.45) is 0.832. The predicted molar refractivity (Wildman–Crippen MR) is 41.1 cm³/mol. The van der Waals surface area contributed by atoms with E-state index in [1.54, 1.807) is 13.2 Å². The minimum absolute atomic E-state index is 0.608. The van der Waals surface area contributed by atoms with E-state index < -0.39 is 0 Å². The van der Waals surface area contributed by atoms with Gasteiger partial charge in [0.15, 0.2) is 0 Å². The molecule has 0 atom stereocenters. The van der Waals surface area contributed by atoms with Gasteiger partial charge in [0.25, 0.3) is 0 Å². The summed E-state index contributed by atoms with van der Waals surface area (Å²) in [5.74, 6) is 0. The topological polar surface area (TPSA) is 48.8 Å². The van der Waals surface area contributed by atoms with Gasteiger partial charge in [0.1, 0.15) is 11.8 Å². The van der Waals surface area contributed by atoms with E-state index in [4.69, 9.17) is 10.00 Å². The fourth-order valence-electron chi connectivity index (χ4n) is 0.863. The van der Waals surface area contributed by atoms with Crippen molar-refractivity contribution in [3.8, 4) is 6.07 Å². The highest BCUT2D eigenvalue weighted by Gasteiger charge is 1.95. The van der Waals surface area contributed by atoms with Crippen molar-refractivity contribution in [2.24, 2.45) is 0 Å². The van der Waals surface area contributed by atoms with Gasteiger partial charge in [0.05, 0.1) is 6.61 Å². The molecule has 11 heavy (non-hydrogen) atoms. The quantitative estimate of drug-likeness (QED) is 0.700. The van der Waals surface area contributed by atoms with Crippen molar-refractivity contribution in [3.05, 3.63) is 23.5 Å². The maximum absolute atomic E-state index is 8.46. The maximum Gasteiger partial charge on any atom is 0.117 e. The number of hydrogen-bond donors (Lipinski definition) is 1. The fraction of sp³-hybridized carbons (Fsp3) is 0.375. The minimum atomic E-state index is 0.608. The Labute approximate surface area is 65.6 Å². The number of nitriles is 1. The van der Waals surface area contributed by atoms with Crippen LogP contribution in [0.5, 0.6) is 0 Å². The molecule has 0 spiro atoms. The summed E-state index contributed by atoms with van der Waals surface area (Å²) in [5, 5.41) is 8.46. The molecule has 58 valence electrons. The van der Waals surface area contributed by atoms with Crippen molar-refractivity contribution in [1.29, 1.82) is 5.26 Å². The van der Waals surface area contributed by atoms with Gasteiger partial charge in [-0.15, -0.1) is 0 Å². The summed E-state index contributed by atoms with van der Waals surface area (Å²) < 4.78 is 4.89. The normalized spacial score (nSPS) is 9.45. The van der Waals surface area contributed by atoms with Gasteiger partial charge in [-0.2, -0.15) is 5.26 Å². The first-order valence-electron chi connectivity index (χ1n) is 3.43. The standard InChI is InChI=1S/C8H10N2O/c1-11-5-4-7-2-3-8(6-9)10-7/h2-3,10H,4-5H2,1H3. The first kappa shape index (κ1) is 7.83. The molecule has 1 rings (SSSR count). The zero-order valence-electron chi connectivity index (χ0n) is 6.42. The molecule has 0 fully saturated rings. The van der Waals surface area contributed by atoms with E-state index in [0.717, 1.165) is 12.1 Å². The largest absolute Gasteiger partial charge is 0.384 e. The zero-order chi connectivity index (χ0) is 8.10. The lowest BCUT2D eigenvalue weighted by Crippen LogP contribution is -1.94. The van der Waals surface area contributed by atoms with E-state index >= 15 is 0 Å². The zero-order valence-corrected chi connectivity index (χ0v) is 6.42. The smallest absolute Gasteiger partial charge is 0.117 e. The molecule has 0 unspecified atom stereocenters. The maximum atomic E-state index is 8.46. The van der Waals surface area contributed by atoms with Crippen LogP contribution in [0.15, 0.2) is 12.1 Å². The Bertz CT molecular complexity index is 259. The van der Waals surface area contributed by atoms with Gasteiger partial charge in [-0.3, -0.25) is 0 Å². The van der Waals surface area contributed by atoms with Crippen LogP contribution in [-0.4, -0.2) is 18.7 Å². The highest BCUT2D eigenvalue weighted by molar-refractivity contribution is 5.24. The van der Waals surface area contributed by atoms with E-state index in [9.17, 15) is 0 Å². The third-order valence-corrected chi connectivity index (χ3v) is 1.44. The Hall–Kier alpha value is -1.27. The van der Waals surface area contributed by atoms with E-state index in [1.165, 1.54) is 0 Å². The molecule has 0 aliphatic carbocycles. The molecule has 1 N–H and O–H groups in total. The monoisotopic (exact) mass is 150 g/mol. The van der Waals surface area contributed by atoms with Crippen LogP contribution in [0.2, 0.25) is 0 Å². The Morgan fingerprint density at radius 2 is 2.45 bits per heavy atom. The molecule has 3 nitrogen and oxygen atoms in total. The van der Waals surface area contributed by atoms with Crippen LogP contribution < -0.4 is 0 Å². The lowest BCUT2D eigenvalue weighted by molar-refractivity contribution is 0.201. The molecule has 1 aromatic heterocycles. The molecular weight excluding hydrogens is 140 g/mol. The number of nitrogens with one attached hydrogen (secondary N) is 1. The van der Waals surface area contributed by atoms with Crippen molar-refractivity contribution >= 4 is 0 Å². The van der Waals surface area contributed by atoms with Crippen LogP contribution in [-0.2, 0) is 11.2 Å². The third-order valence-electron chi connectivity index (χ3n) is 1.44. The summed E-state index contributed by atoms with van der Waals surface area (Å²) >= 11 is 0. The van der Waals surface area contributed by atoms with Crippen molar-refractivity contribution < 1.29 is 4.74 Å². The van der Waals surface area contributed by atoms with Gasteiger partial charge < -0.3 is 9.72 Å². The number of aromatic nitrogens is 1. The molecular formula is C8H10N2O. The van der Waals surface area contributed by atoms with Gasteiger partial charge in [-0.1, -0.05) is 0 Å². The highest BCUT2D eigenvalue weighted by atomic mass is 16.5. The number of hydrogen-bond acceptors (Lipinski definition) is 2. The second-order valence-electron chi connectivity index (χ2n) is 2.25. The molecule has 0 radical (unpaired) electrons. The second-order valence-corrected chi connectivity index (χ2v) is 2.25. The van der Waals surface area contributed by atoms with Crippen molar-refractivity contribution in [2.45, 2.75) is 6.42 Å². The summed E-state index contributed by atoms with van der Waals surface area (Å²) in [6.45, 7) is 0.686. The van der Waals surface area contributed by atoms with Gasteiger partial charge in [0, 0.05) is 19.2 Å². The number of aromatic amines is 1. The minimum Gasteiger partial charge on any atom is -0.384 e. The van der Waals surface area contributed by atoms with Crippen LogP contribution in [0, 0.1) is 11.3 Å². The van der Waals surface area contributed by atoms with Gasteiger partial charge in [-0.05, 0) is 12.1 Å². The SMILES string of the molecule is COCCc1ccc(C#N)[nH]1. The van der Waals surface area contributed by atoms with Crippen molar-refractivity contribution in [2.75, 3.05) is 13.7 Å². The van der Waals surface area contributed by atoms with E-state index in [0.29, 0.717) is 12.3 Å². The van der Waals surface area contributed by atoms with Crippen LogP contribution in [0.1, 0.15) is 11.4 Å². The van der Waals surface area contributed by atoms with E-state index in [-0.39, 0.29) is 0 Å². The molecule has 0 amide bonds. The van der Waals surface area contributed by atoms with Crippen LogP contribution in [0.4, 0.5) is 0 Å². The molecule has 1 heterocycles.